The number of thioether (sulfide) groups is 1. The third-order valence-electron chi connectivity index (χ3n) is 3.61. The van der Waals surface area contributed by atoms with E-state index in [1.54, 1.807) is 6.92 Å². The van der Waals surface area contributed by atoms with Crippen LogP contribution in [0.2, 0.25) is 0 Å². The zero-order chi connectivity index (χ0) is 13.7. The van der Waals surface area contributed by atoms with Crippen LogP contribution in [0.4, 0.5) is 0 Å². The predicted molar refractivity (Wildman–Crippen MR) is 74.7 cm³/mol. The maximum absolute atomic E-state index is 12.0. The first-order valence-electron chi connectivity index (χ1n) is 6.84. The van der Waals surface area contributed by atoms with E-state index in [0.29, 0.717) is 24.5 Å². The van der Waals surface area contributed by atoms with Crippen molar-refractivity contribution in [1.29, 1.82) is 0 Å². The van der Waals surface area contributed by atoms with E-state index in [1.807, 2.05) is 11.8 Å². The van der Waals surface area contributed by atoms with Crippen molar-refractivity contribution in [3.8, 4) is 0 Å². The molecule has 0 aliphatic heterocycles. The molecule has 1 aliphatic rings. The van der Waals surface area contributed by atoms with Gasteiger partial charge in [-0.15, -0.1) is 0 Å². The van der Waals surface area contributed by atoms with Crippen LogP contribution in [0.1, 0.15) is 46.5 Å². The number of aliphatic hydroxyl groups is 1. The van der Waals surface area contributed by atoms with Crippen molar-refractivity contribution in [1.82, 2.24) is 0 Å². The van der Waals surface area contributed by atoms with Crippen LogP contribution in [0.5, 0.6) is 0 Å². The van der Waals surface area contributed by atoms with Crippen molar-refractivity contribution >= 4 is 23.3 Å². The molecule has 0 saturated heterocycles. The van der Waals surface area contributed by atoms with Crippen molar-refractivity contribution < 1.29 is 14.7 Å². The number of ketones is 2. The van der Waals surface area contributed by atoms with Gasteiger partial charge in [-0.1, -0.05) is 20.8 Å². The quantitative estimate of drug-likeness (QED) is 0.755. The van der Waals surface area contributed by atoms with Crippen LogP contribution in [0.25, 0.3) is 0 Å². The molecule has 0 spiro atoms. The van der Waals surface area contributed by atoms with Gasteiger partial charge in [-0.3, -0.25) is 9.59 Å². The monoisotopic (exact) mass is 272 g/mol. The highest BCUT2D eigenvalue weighted by Crippen LogP contribution is 2.32. The van der Waals surface area contributed by atoms with Crippen LogP contribution in [-0.2, 0) is 9.59 Å². The number of hydrogen-bond acceptors (Lipinski definition) is 4. The molecule has 0 radical (unpaired) electrons. The van der Waals surface area contributed by atoms with E-state index in [-0.39, 0.29) is 17.5 Å². The van der Waals surface area contributed by atoms with Crippen molar-refractivity contribution in [2.24, 2.45) is 11.8 Å². The Balaban J connectivity index is 2.56. The van der Waals surface area contributed by atoms with Crippen molar-refractivity contribution in [3.63, 3.8) is 0 Å². The summed E-state index contributed by atoms with van der Waals surface area (Å²) in [4.78, 5) is 23.6. The Kier molecular flexibility index (Phi) is 6.36. The fraction of sp³-hybridized carbons (Fsp3) is 0.857. The molecule has 4 heteroatoms. The minimum absolute atomic E-state index is 0.0562. The first kappa shape index (κ1) is 15.7. The fourth-order valence-corrected chi connectivity index (χ4v) is 3.78. The predicted octanol–water partition coefficient (Wildman–Crippen LogP) is 2.45. The Morgan fingerprint density at radius 1 is 1.50 bits per heavy atom. The van der Waals surface area contributed by atoms with E-state index < -0.39 is 12.0 Å². The Morgan fingerprint density at radius 3 is 2.67 bits per heavy atom. The van der Waals surface area contributed by atoms with Gasteiger partial charge in [-0.05, 0) is 24.5 Å². The summed E-state index contributed by atoms with van der Waals surface area (Å²) < 4.78 is 0. The molecule has 0 heterocycles. The van der Waals surface area contributed by atoms with Gasteiger partial charge in [-0.25, -0.2) is 0 Å². The maximum atomic E-state index is 12.0. The van der Waals surface area contributed by atoms with E-state index in [2.05, 4.69) is 13.8 Å². The molecular weight excluding hydrogens is 248 g/mol. The number of Topliss-reactive ketones (excluding diaryl/α,β-unsaturated/α-hetero) is 2. The van der Waals surface area contributed by atoms with Gasteiger partial charge in [0.15, 0.2) is 0 Å². The smallest absolute Gasteiger partial charge is 0.146 e. The molecule has 4 unspecified atom stereocenters. The second-order valence-corrected chi connectivity index (χ2v) is 6.85. The molecule has 1 saturated carbocycles. The molecule has 3 nitrogen and oxygen atoms in total. The molecule has 1 aliphatic carbocycles. The Bertz CT molecular complexity index is 303. The van der Waals surface area contributed by atoms with Crippen LogP contribution in [-0.4, -0.2) is 33.8 Å². The second-order valence-electron chi connectivity index (χ2n) is 5.14. The zero-order valence-electron chi connectivity index (χ0n) is 11.5. The van der Waals surface area contributed by atoms with Crippen LogP contribution in [0.15, 0.2) is 0 Å². The summed E-state index contributed by atoms with van der Waals surface area (Å²) in [5, 5.41) is 10.5. The van der Waals surface area contributed by atoms with Crippen molar-refractivity contribution in [2.75, 3.05) is 5.75 Å². The first-order chi connectivity index (χ1) is 8.49. The molecule has 0 aromatic carbocycles. The average Bonchev–Trinajstić information content (AvgIpc) is 2.27. The van der Waals surface area contributed by atoms with Crippen LogP contribution >= 0.6 is 11.8 Å². The normalized spacial score (nSPS) is 30.2. The molecule has 1 fully saturated rings. The summed E-state index contributed by atoms with van der Waals surface area (Å²) in [5.74, 6) is 0.394. The summed E-state index contributed by atoms with van der Waals surface area (Å²) in [6.07, 6.45) is 1.58. The summed E-state index contributed by atoms with van der Waals surface area (Å²) in [6, 6.07) is 0. The summed E-state index contributed by atoms with van der Waals surface area (Å²) in [7, 11) is 0. The van der Waals surface area contributed by atoms with Crippen LogP contribution in [0.3, 0.4) is 0 Å². The van der Waals surface area contributed by atoms with Gasteiger partial charge in [0.2, 0.25) is 0 Å². The molecule has 104 valence electrons. The minimum atomic E-state index is -0.762. The summed E-state index contributed by atoms with van der Waals surface area (Å²) in [6.45, 7) is 6.03. The molecule has 18 heavy (non-hydrogen) atoms. The van der Waals surface area contributed by atoms with E-state index in [0.717, 1.165) is 12.2 Å². The standard InChI is InChI=1S/C14H24O3S/c1-4-11(15)14-12(16)7-10(8-13(14)17)6-9(3)18-5-2/h9-10,12,14,16H,4-8H2,1-3H3. The van der Waals surface area contributed by atoms with Crippen molar-refractivity contribution in [3.05, 3.63) is 0 Å². The summed E-state index contributed by atoms with van der Waals surface area (Å²) >= 11 is 1.88. The lowest BCUT2D eigenvalue weighted by molar-refractivity contribution is -0.141. The number of aliphatic hydroxyl groups excluding tert-OH is 1. The molecule has 0 aromatic heterocycles. The molecule has 1 rings (SSSR count). The van der Waals surface area contributed by atoms with Gasteiger partial charge in [-0.2, -0.15) is 11.8 Å². The minimum Gasteiger partial charge on any atom is -0.392 e. The van der Waals surface area contributed by atoms with E-state index in [1.165, 1.54) is 0 Å². The molecule has 0 bridgehead atoms. The SMILES string of the molecule is CCSC(C)CC1CC(=O)C(C(=O)CC)C(O)C1. The Labute approximate surface area is 114 Å². The summed E-state index contributed by atoms with van der Waals surface area (Å²) in [5.41, 5.74) is 0. The zero-order valence-corrected chi connectivity index (χ0v) is 12.3. The highest BCUT2D eigenvalue weighted by Gasteiger charge is 2.39. The van der Waals surface area contributed by atoms with Crippen molar-refractivity contribution in [2.45, 2.75) is 57.8 Å². The fourth-order valence-electron chi connectivity index (χ4n) is 2.80. The topological polar surface area (TPSA) is 54.4 Å². The van der Waals surface area contributed by atoms with E-state index in [9.17, 15) is 14.7 Å². The molecule has 0 aromatic rings. The highest BCUT2D eigenvalue weighted by molar-refractivity contribution is 7.99. The van der Waals surface area contributed by atoms with Gasteiger partial charge in [0.25, 0.3) is 0 Å². The van der Waals surface area contributed by atoms with Crippen LogP contribution < -0.4 is 0 Å². The van der Waals surface area contributed by atoms with E-state index in [4.69, 9.17) is 0 Å². The second kappa shape index (κ2) is 7.29. The molecule has 1 N–H and O–H groups in total. The third-order valence-corrected chi connectivity index (χ3v) is 4.70. The average molecular weight is 272 g/mol. The highest BCUT2D eigenvalue weighted by atomic mass is 32.2. The largest absolute Gasteiger partial charge is 0.392 e. The maximum Gasteiger partial charge on any atom is 0.146 e. The number of hydrogen-bond donors (Lipinski definition) is 1. The van der Waals surface area contributed by atoms with Gasteiger partial charge in [0.05, 0.1) is 6.10 Å². The third kappa shape index (κ3) is 4.09. The van der Waals surface area contributed by atoms with Crippen LogP contribution in [0, 0.1) is 11.8 Å². The lowest BCUT2D eigenvalue weighted by Gasteiger charge is -2.32. The number of carbonyl (C=O) groups is 2. The molecule has 4 atom stereocenters. The lowest BCUT2D eigenvalue weighted by Crippen LogP contribution is -2.42. The van der Waals surface area contributed by atoms with Gasteiger partial charge < -0.3 is 5.11 Å². The Hall–Kier alpha value is -0.350. The lowest BCUT2D eigenvalue weighted by atomic mass is 9.75. The van der Waals surface area contributed by atoms with Gasteiger partial charge in [0, 0.05) is 18.1 Å². The number of rotatable bonds is 6. The van der Waals surface area contributed by atoms with Gasteiger partial charge >= 0.3 is 0 Å². The molecular formula is C14H24O3S. The van der Waals surface area contributed by atoms with E-state index >= 15 is 0 Å². The first-order valence-corrected chi connectivity index (χ1v) is 7.89. The van der Waals surface area contributed by atoms with Gasteiger partial charge in [0.1, 0.15) is 17.5 Å². The Morgan fingerprint density at radius 2 is 2.17 bits per heavy atom. The molecule has 0 amide bonds. The number of carbonyl (C=O) groups excluding carboxylic acids is 2.